The molecule has 9 heteroatoms. The highest BCUT2D eigenvalue weighted by atomic mass is 16.5. The molecule has 182 valence electrons. The van der Waals surface area contributed by atoms with Gasteiger partial charge in [-0.25, -0.2) is 4.68 Å². The fourth-order valence-corrected chi connectivity index (χ4v) is 4.51. The Hall–Kier alpha value is -3.72. The predicted molar refractivity (Wildman–Crippen MR) is 131 cm³/mol. The molecule has 0 unspecified atom stereocenters. The maximum atomic E-state index is 13.2. The first-order valence-electron chi connectivity index (χ1n) is 11.9. The van der Waals surface area contributed by atoms with Crippen molar-refractivity contribution in [2.45, 2.75) is 26.2 Å². The fourth-order valence-electron chi connectivity index (χ4n) is 4.51. The van der Waals surface area contributed by atoms with Crippen molar-refractivity contribution in [3.8, 4) is 0 Å². The molecular formula is C26H30N6O3. The van der Waals surface area contributed by atoms with E-state index in [2.05, 4.69) is 41.5 Å². The average molecular weight is 475 g/mol. The second kappa shape index (κ2) is 9.50. The van der Waals surface area contributed by atoms with Crippen LogP contribution >= 0.6 is 0 Å². The van der Waals surface area contributed by atoms with Crippen molar-refractivity contribution in [3.05, 3.63) is 76.6 Å². The van der Waals surface area contributed by atoms with Gasteiger partial charge in [0.2, 0.25) is 0 Å². The number of carbonyl (C=O) groups excluding carboxylic acids is 2. The molecule has 2 amide bonds. The van der Waals surface area contributed by atoms with Gasteiger partial charge in [-0.15, -0.1) is 5.10 Å². The molecule has 0 radical (unpaired) electrons. The van der Waals surface area contributed by atoms with Crippen molar-refractivity contribution >= 4 is 17.5 Å². The summed E-state index contributed by atoms with van der Waals surface area (Å²) in [7, 11) is 3.93. The molecule has 1 atom stereocenters. The van der Waals surface area contributed by atoms with Gasteiger partial charge in [0, 0.05) is 51.5 Å². The van der Waals surface area contributed by atoms with Gasteiger partial charge in [0.1, 0.15) is 6.10 Å². The number of nitrogens with zero attached hydrogens (tertiary/aromatic N) is 6. The van der Waals surface area contributed by atoms with E-state index in [1.807, 2.05) is 43.3 Å². The summed E-state index contributed by atoms with van der Waals surface area (Å²) in [4.78, 5) is 31.7. The van der Waals surface area contributed by atoms with Crippen LogP contribution in [0.5, 0.6) is 0 Å². The summed E-state index contributed by atoms with van der Waals surface area (Å²) < 4.78 is 7.84. The zero-order valence-corrected chi connectivity index (χ0v) is 20.3. The van der Waals surface area contributed by atoms with Crippen LogP contribution in [0.3, 0.4) is 0 Å². The van der Waals surface area contributed by atoms with Crippen LogP contribution in [0.1, 0.15) is 43.8 Å². The zero-order valence-electron chi connectivity index (χ0n) is 20.3. The minimum atomic E-state index is -0.161. The molecule has 35 heavy (non-hydrogen) atoms. The Balaban J connectivity index is 1.20. The molecule has 0 saturated carbocycles. The van der Waals surface area contributed by atoms with Crippen LogP contribution in [0.25, 0.3) is 0 Å². The Morgan fingerprint density at radius 1 is 0.914 bits per heavy atom. The number of hydrogen-bond acceptors (Lipinski definition) is 6. The van der Waals surface area contributed by atoms with Crippen molar-refractivity contribution in [2.75, 3.05) is 45.2 Å². The topological polar surface area (TPSA) is 83.8 Å². The largest absolute Gasteiger partial charge is 0.378 e. The summed E-state index contributed by atoms with van der Waals surface area (Å²) in [6.45, 7) is 4.74. The Labute approximate surface area is 204 Å². The first kappa shape index (κ1) is 23.0. The normalized spacial score (nSPS) is 17.7. The number of anilines is 1. The number of fused-ring (bicyclic) bond motifs is 1. The lowest BCUT2D eigenvalue weighted by Crippen LogP contribution is -2.50. The van der Waals surface area contributed by atoms with E-state index in [9.17, 15) is 9.59 Å². The number of rotatable bonds is 4. The lowest BCUT2D eigenvalue weighted by atomic mass is 10.1. The monoisotopic (exact) mass is 474 g/mol. The second-order valence-electron chi connectivity index (χ2n) is 9.30. The summed E-state index contributed by atoms with van der Waals surface area (Å²) in [5.41, 5.74) is 5.03. The molecule has 9 nitrogen and oxygen atoms in total. The van der Waals surface area contributed by atoms with Crippen LogP contribution in [0.15, 0.2) is 48.5 Å². The standard InChI is InChI=1S/C26H30N6O3/c1-18-4-6-19(7-5-18)23-16-32-22(17-35-23)24(27-28-32)26(34)31-14-12-30(13-15-31)25(33)20-8-10-21(11-9-20)29(2)3/h4-11,23H,12-17H2,1-3H3/t23-/m1/s1. The first-order chi connectivity index (χ1) is 16.9. The minimum absolute atomic E-state index is 0.0148. The van der Waals surface area contributed by atoms with Gasteiger partial charge in [0.15, 0.2) is 5.69 Å². The molecule has 2 aromatic carbocycles. The maximum Gasteiger partial charge on any atom is 0.276 e. The van der Waals surface area contributed by atoms with Crippen LogP contribution in [-0.4, -0.2) is 76.9 Å². The Morgan fingerprint density at radius 3 is 2.17 bits per heavy atom. The van der Waals surface area contributed by atoms with E-state index in [0.29, 0.717) is 49.7 Å². The molecule has 2 aliphatic rings. The predicted octanol–water partition coefficient (Wildman–Crippen LogP) is 2.52. The molecule has 0 bridgehead atoms. The third-order valence-electron chi connectivity index (χ3n) is 6.73. The Morgan fingerprint density at radius 2 is 1.54 bits per heavy atom. The molecule has 0 aliphatic carbocycles. The third kappa shape index (κ3) is 4.64. The summed E-state index contributed by atoms with van der Waals surface area (Å²) in [6.07, 6.45) is -0.117. The maximum absolute atomic E-state index is 13.2. The number of piperazine rings is 1. The molecular weight excluding hydrogens is 444 g/mol. The molecule has 2 aliphatic heterocycles. The summed E-state index contributed by atoms with van der Waals surface area (Å²) in [6, 6.07) is 15.8. The van der Waals surface area contributed by atoms with Crippen molar-refractivity contribution in [1.29, 1.82) is 0 Å². The molecule has 5 rings (SSSR count). The fraction of sp³-hybridized carbons (Fsp3) is 0.385. The number of carbonyl (C=O) groups is 2. The number of aryl methyl sites for hydroxylation is 1. The summed E-state index contributed by atoms with van der Waals surface area (Å²) in [5.74, 6) is -0.176. The molecule has 0 spiro atoms. The van der Waals surface area contributed by atoms with Gasteiger partial charge in [-0.05, 0) is 36.8 Å². The molecule has 3 heterocycles. The SMILES string of the molecule is Cc1ccc([C@H]2Cn3nnc(C(=O)N4CCN(C(=O)c5ccc(N(C)C)cc5)CC4)c3CO2)cc1. The molecule has 0 N–H and O–H groups in total. The van der Waals surface area contributed by atoms with Gasteiger partial charge >= 0.3 is 0 Å². The van der Waals surface area contributed by atoms with Crippen LogP contribution in [0.4, 0.5) is 5.69 Å². The Kier molecular flexibility index (Phi) is 6.25. The van der Waals surface area contributed by atoms with E-state index in [-0.39, 0.29) is 24.5 Å². The van der Waals surface area contributed by atoms with Crippen molar-refractivity contribution in [2.24, 2.45) is 0 Å². The van der Waals surface area contributed by atoms with E-state index in [1.54, 1.807) is 14.5 Å². The summed E-state index contributed by atoms with van der Waals surface area (Å²) >= 11 is 0. The highest BCUT2D eigenvalue weighted by molar-refractivity contribution is 5.95. The highest BCUT2D eigenvalue weighted by Gasteiger charge is 2.32. The lowest BCUT2D eigenvalue weighted by Gasteiger charge is -2.34. The van der Waals surface area contributed by atoms with E-state index >= 15 is 0 Å². The molecule has 1 aromatic heterocycles. The second-order valence-corrected chi connectivity index (χ2v) is 9.30. The summed E-state index contributed by atoms with van der Waals surface area (Å²) in [5, 5.41) is 8.44. The number of ether oxygens (including phenoxy) is 1. The van der Waals surface area contributed by atoms with Gasteiger partial charge in [-0.1, -0.05) is 35.0 Å². The number of benzene rings is 2. The van der Waals surface area contributed by atoms with Crippen molar-refractivity contribution in [1.82, 2.24) is 24.8 Å². The van der Waals surface area contributed by atoms with Crippen LogP contribution in [0, 0.1) is 6.92 Å². The van der Waals surface area contributed by atoms with Crippen molar-refractivity contribution < 1.29 is 14.3 Å². The van der Waals surface area contributed by atoms with Crippen LogP contribution in [0.2, 0.25) is 0 Å². The number of aromatic nitrogens is 3. The van der Waals surface area contributed by atoms with E-state index in [4.69, 9.17) is 4.74 Å². The van der Waals surface area contributed by atoms with E-state index < -0.39 is 0 Å². The van der Waals surface area contributed by atoms with Gasteiger partial charge in [-0.3, -0.25) is 9.59 Å². The van der Waals surface area contributed by atoms with Crippen LogP contribution in [-0.2, 0) is 17.9 Å². The number of hydrogen-bond donors (Lipinski definition) is 0. The Bertz CT molecular complexity index is 1210. The molecule has 3 aromatic rings. The smallest absolute Gasteiger partial charge is 0.276 e. The highest BCUT2D eigenvalue weighted by Crippen LogP contribution is 2.27. The van der Waals surface area contributed by atoms with E-state index in [1.165, 1.54) is 5.56 Å². The third-order valence-corrected chi connectivity index (χ3v) is 6.73. The van der Waals surface area contributed by atoms with Gasteiger partial charge in [0.05, 0.1) is 18.8 Å². The first-order valence-corrected chi connectivity index (χ1v) is 11.9. The minimum Gasteiger partial charge on any atom is -0.378 e. The molecule has 1 fully saturated rings. The quantitative estimate of drug-likeness (QED) is 0.578. The number of amides is 2. The van der Waals surface area contributed by atoms with Gasteiger partial charge in [0.25, 0.3) is 11.8 Å². The van der Waals surface area contributed by atoms with Crippen LogP contribution < -0.4 is 4.90 Å². The lowest BCUT2D eigenvalue weighted by molar-refractivity contribution is -0.00203. The molecule has 1 saturated heterocycles. The zero-order chi connectivity index (χ0) is 24.5. The van der Waals surface area contributed by atoms with Crippen molar-refractivity contribution in [3.63, 3.8) is 0 Å². The van der Waals surface area contributed by atoms with Gasteiger partial charge < -0.3 is 19.4 Å². The van der Waals surface area contributed by atoms with E-state index in [0.717, 1.165) is 11.3 Å². The average Bonchev–Trinajstić information content (AvgIpc) is 3.32. The van der Waals surface area contributed by atoms with Gasteiger partial charge in [-0.2, -0.15) is 0 Å².